The highest BCUT2D eigenvalue weighted by atomic mass is 16.5. The Labute approximate surface area is 169 Å². The number of ether oxygens (including phenoxy) is 2. The minimum atomic E-state index is -0.177. The average molecular weight is 384 g/mol. The fraction of sp³-hybridized carbons (Fsp3) is 0.458. The van der Waals surface area contributed by atoms with Crippen LogP contribution in [0.1, 0.15) is 49.9 Å². The lowest BCUT2D eigenvalue weighted by Crippen LogP contribution is -2.14. The highest BCUT2D eigenvalue weighted by Gasteiger charge is 2.22. The normalized spacial score (nSPS) is 10.8. The molecule has 152 valence electrons. The van der Waals surface area contributed by atoms with Crippen LogP contribution in [-0.4, -0.2) is 26.2 Å². The highest BCUT2D eigenvalue weighted by Crippen LogP contribution is 2.40. The SMILES string of the molecule is CCNCc1ccccc1-c1c(OC)cc(CC)c(CC(=O)OCC)c1CC. The van der Waals surface area contributed by atoms with Crippen LogP contribution in [0.2, 0.25) is 0 Å². The molecule has 0 aliphatic heterocycles. The van der Waals surface area contributed by atoms with E-state index in [4.69, 9.17) is 9.47 Å². The number of hydrogen-bond acceptors (Lipinski definition) is 4. The number of carbonyl (C=O) groups excluding carboxylic acids is 1. The number of methoxy groups -OCH3 is 1. The Hall–Kier alpha value is -2.33. The van der Waals surface area contributed by atoms with Crippen molar-refractivity contribution in [3.63, 3.8) is 0 Å². The quantitative estimate of drug-likeness (QED) is 0.604. The average Bonchev–Trinajstić information content (AvgIpc) is 2.72. The summed E-state index contributed by atoms with van der Waals surface area (Å²) in [5, 5.41) is 3.42. The second kappa shape index (κ2) is 10.9. The van der Waals surface area contributed by atoms with E-state index in [1.165, 1.54) is 11.1 Å². The largest absolute Gasteiger partial charge is 0.496 e. The van der Waals surface area contributed by atoms with Crippen molar-refractivity contribution in [1.82, 2.24) is 5.32 Å². The Morgan fingerprint density at radius 2 is 1.75 bits per heavy atom. The van der Waals surface area contributed by atoms with Crippen molar-refractivity contribution in [2.24, 2.45) is 0 Å². The molecule has 0 aromatic heterocycles. The van der Waals surface area contributed by atoms with E-state index < -0.39 is 0 Å². The first-order valence-electron chi connectivity index (χ1n) is 10.3. The predicted octanol–water partition coefficient (Wildman–Crippen LogP) is 4.70. The maximum atomic E-state index is 12.3. The van der Waals surface area contributed by atoms with Gasteiger partial charge in [0.2, 0.25) is 0 Å². The maximum absolute atomic E-state index is 12.3. The Balaban J connectivity index is 2.71. The predicted molar refractivity (Wildman–Crippen MR) is 115 cm³/mol. The van der Waals surface area contributed by atoms with Gasteiger partial charge < -0.3 is 14.8 Å². The van der Waals surface area contributed by atoms with Gasteiger partial charge in [-0.25, -0.2) is 0 Å². The van der Waals surface area contributed by atoms with Crippen LogP contribution < -0.4 is 10.1 Å². The number of hydrogen-bond donors (Lipinski definition) is 1. The molecule has 0 saturated carbocycles. The Kier molecular flexibility index (Phi) is 8.52. The van der Waals surface area contributed by atoms with E-state index in [1.54, 1.807) is 7.11 Å². The molecule has 28 heavy (non-hydrogen) atoms. The lowest BCUT2D eigenvalue weighted by molar-refractivity contribution is -0.142. The van der Waals surface area contributed by atoms with Gasteiger partial charge in [0.1, 0.15) is 5.75 Å². The van der Waals surface area contributed by atoms with Gasteiger partial charge in [0, 0.05) is 12.1 Å². The first kappa shape index (κ1) is 22.0. The van der Waals surface area contributed by atoms with Crippen LogP contribution in [0.3, 0.4) is 0 Å². The molecular weight excluding hydrogens is 350 g/mol. The van der Waals surface area contributed by atoms with Gasteiger partial charge in [-0.2, -0.15) is 0 Å². The Morgan fingerprint density at radius 1 is 1.00 bits per heavy atom. The summed E-state index contributed by atoms with van der Waals surface area (Å²) >= 11 is 0. The lowest BCUT2D eigenvalue weighted by atomic mass is 9.85. The molecular formula is C24H33NO3. The summed E-state index contributed by atoms with van der Waals surface area (Å²) in [7, 11) is 1.72. The summed E-state index contributed by atoms with van der Waals surface area (Å²) in [5.41, 5.74) is 6.88. The van der Waals surface area contributed by atoms with Crippen molar-refractivity contribution >= 4 is 5.97 Å². The fourth-order valence-electron chi connectivity index (χ4n) is 3.73. The van der Waals surface area contributed by atoms with Crippen molar-refractivity contribution < 1.29 is 14.3 Å². The van der Waals surface area contributed by atoms with E-state index in [2.05, 4.69) is 56.4 Å². The van der Waals surface area contributed by atoms with E-state index in [-0.39, 0.29) is 5.97 Å². The van der Waals surface area contributed by atoms with Crippen LogP contribution >= 0.6 is 0 Å². The molecule has 1 N–H and O–H groups in total. The van der Waals surface area contributed by atoms with Crippen LogP contribution in [0.25, 0.3) is 11.1 Å². The molecule has 0 amide bonds. The van der Waals surface area contributed by atoms with Crippen molar-refractivity contribution in [2.45, 2.75) is 53.5 Å². The second-order valence-electron chi connectivity index (χ2n) is 6.70. The molecule has 0 fully saturated rings. The van der Waals surface area contributed by atoms with Crippen LogP contribution in [0.4, 0.5) is 0 Å². The molecule has 0 saturated heterocycles. The van der Waals surface area contributed by atoms with Gasteiger partial charge in [-0.1, -0.05) is 45.0 Å². The van der Waals surface area contributed by atoms with Crippen molar-refractivity contribution in [2.75, 3.05) is 20.3 Å². The molecule has 0 spiro atoms. The second-order valence-corrected chi connectivity index (χ2v) is 6.70. The number of rotatable bonds is 10. The highest BCUT2D eigenvalue weighted by molar-refractivity contribution is 5.82. The number of benzene rings is 2. The first-order chi connectivity index (χ1) is 13.6. The molecule has 0 radical (unpaired) electrons. The summed E-state index contributed by atoms with van der Waals surface area (Å²) in [5.74, 6) is 0.689. The summed E-state index contributed by atoms with van der Waals surface area (Å²) < 4.78 is 11.1. The Bertz CT molecular complexity index is 799. The molecule has 4 heteroatoms. The zero-order valence-electron chi connectivity index (χ0n) is 17.9. The monoisotopic (exact) mass is 383 g/mol. The third-order valence-corrected chi connectivity index (χ3v) is 5.04. The van der Waals surface area contributed by atoms with Gasteiger partial charge in [0.15, 0.2) is 0 Å². The molecule has 0 heterocycles. The number of nitrogens with one attached hydrogen (secondary N) is 1. The molecule has 2 aromatic carbocycles. The van der Waals surface area contributed by atoms with Crippen LogP contribution in [0.15, 0.2) is 30.3 Å². The van der Waals surface area contributed by atoms with Gasteiger partial charge >= 0.3 is 5.97 Å². The standard InChI is InChI=1S/C24H33NO3/c1-6-17-14-22(27-5)24(19(7-2)21(17)15-23(26)28-9-4)20-13-11-10-12-18(20)16-25-8-3/h10-14,25H,6-9,15-16H2,1-5H3. The molecule has 4 nitrogen and oxygen atoms in total. The molecule has 0 unspecified atom stereocenters. The minimum Gasteiger partial charge on any atom is -0.496 e. The zero-order chi connectivity index (χ0) is 20.5. The molecule has 2 rings (SSSR count). The van der Waals surface area contributed by atoms with E-state index in [1.807, 2.05) is 6.92 Å². The summed E-state index contributed by atoms with van der Waals surface area (Å²) in [4.78, 5) is 12.3. The van der Waals surface area contributed by atoms with Crippen molar-refractivity contribution in [1.29, 1.82) is 0 Å². The smallest absolute Gasteiger partial charge is 0.310 e. The molecule has 2 aromatic rings. The zero-order valence-corrected chi connectivity index (χ0v) is 17.9. The van der Waals surface area contributed by atoms with Crippen molar-refractivity contribution in [3.05, 3.63) is 52.6 Å². The Morgan fingerprint density at radius 3 is 2.36 bits per heavy atom. The van der Waals surface area contributed by atoms with Crippen LogP contribution in [0, 0.1) is 0 Å². The van der Waals surface area contributed by atoms with Gasteiger partial charge in [-0.3, -0.25) is 4.79 Å². The van der Waals surface area contributed by atoms with Gasteiger partial charge in [0.05, 0.1) is 20.1 Å². The molecule has 0 atom stereocenters. The number of esters is 1. The summed E-state index contributed by atoms with van der Waals surface area (Å²) in [6, 6.07) is 10.5. The summed E-state index contributed by atoms with van der Waals surface area (Å²) in [6.07, 6.45) is 1.97. The minimum absolute atomic E-state index is 0.177. The van der Waals surface area contributed by atoms with E-state index in [0.29, 0.717) is 13.0 Å². The van der Waals surface area contributed by atoms with Gasteiger partial charge in [-0.05, 0) is 60.2 Å². The van der Waals surface area contributed by atoms with E-state index in [0.717, 1.165) is 53.9 Å². The summed E-state index contributed by atoms with van der Waals surface area (Å²) in [6.45, 7) is 10.3. The molecule has 0 aliphatic rings. The van der Waals surface area contributed by atoms with Crippen LogP contribution in [0.5, 0.6) is 5.75 Å². The number of carbonyl (C=O) groups is 1. The topological polar surface area (TPSA) is 47.6 Å². The fourth-order valence-corrected chi connectivity index (χ4v) is 3.73. The lowest BCUT2D eigenvalue weighted by Gasteiger charge is -2.22. The first-order valence-corrected chi connectivity index (χ1v) is 10.3. The van der Waals surface area contributed by atoms with Gasteiger partial charge in [-0.15, -0.1) is 0 Å². The van der Waals surface area contributed by atoms with Crippen molar-refractivity contribution in [3.8, 4) is 16.9 Å². The maximum Gasteiger partial charge on any atom is 0.310 e. The number of aryl methyl sites for hydroxylation is 1. The van der Waals surface area contributed by atoms with E-state index in [9.17, 15) is 4.79 Å². The van der Waals surface area contributed by atoms with Gasteiger partial charge in [0.25, 0.3) is 0 Å². The van der Waals surface area contributed by atoms with Crippen LogP contribution in [-0.2, 0) is 35.3 Å². The third kappa shape index (κ3) is 4.93. The third-order valence-electron chi connectivity index (χ3n) is 5.04. The molecule has 0 bridgehead atoms. The van der Waals surface area contributed by atoms with E-state index >= 15 is 0 Å². The molecule has 0 aliphatic carbocycles.